The Morgan fingerprint density at radius 3 is 2.26 bits per heavy atom. The number of fused-ring (bicyclic) bond motifs is 3. The Kier molecular flexibility index (Phi) is 7.43. The van der Waals surface area contributed by atoms with Crippen molar-refractivity contribution in [3.63, 3.8) is 0 Å². The summed E-state index contributed by atoms with van der Waals surface area (Å²) in [6, 6.07) is 19.3. The minimum atomic E-state index is -1.46. The summed E-state index contributed by atoms with van der Waals surface area (Å²) in [7, 11) is 1.16. The first-order valence-electron chi connectivity index (χ1n) is 11.2. The van der Waals surface area contributed by atoms with Crippen LogP contribution in [0.15, 0.2) is 66.7 Å². The number of hydrogen-bond donors (Lipinski definition) is 3. The van der Waals surface area contributed by atoms with Gasteiger partial charge in [-0.15, -0.1) is 0 Å². The first-order valence-corrected chi connectivity index (χ1v) is 11.2. The summed E-state index contributed by atoms with van der Waals surface area (Å²) in [4.78, 5) is 23.9. The second-order valence-corrected chi connectivity index (χ2v) is 8.32. The molecule has 1 amide bonds. The molecule has 7 nitrogen and oxygen atoms in total. The molecule has 3 aromatic carbocycles. The van der Waals surface area contributed by atoms with Crippen molar-refractivity contribution in [2.45, 2.75) is 24.5 Å². The molecule has 0 saturated carbocycles. The number of amides is 1. The fourth-order valence-corrected chi connectivity index (χ4v) is 4.37. The fourth-order valence-electron chi connectivity index (χ4n) is 4.37. The van der Waals surface area contributed by atoms with Crippen LogP contribution in [-0.2, 0) is 9.47 Å². The molecule has 0 saturated heterocycles. The van der Waals surface area contributed by atoms with Crippen LogP contribution < -0.4 is 5.32 Å². The maximum absolute atomic E-state index is 13.8. The Labute approximate surface area is 202 Å². The van der Waals surface area contributed by atoms with E-state index < -0.39 is 30.1 Å². The number of carbonyl (C=O) groups excluding carboxylic acids is 2. The van der Waals surface area contributed by atoms with Gasteiger partial charge in [0.05, 0.1) is 18.8 Å². The normalized spacial score (nSPS) is 13.9. The molecule has 35 heavy (non-hydrogen) atoms. The van der Waals surface area contributed by atoms with Crippen LogP contribution in [0.25, 0.3) is 11.1 Å². The number of aliphatic hydroxyl groups is 2. The highest BCUT2D eigenvalue weighted by molar-refractivity contribution is 5.89. The number of benzene rings is 3. The van der Waals surface area contributed by atoms with Crippen molar-refractivity contribution in [1.82, 2.24) is 5.32 Å². The molecule has 2 atom stereocenters. The summed E-state index contributed by atoms with van der Waals surface area (Å²) in [5.41, 5.74) is 4.40. The lowest BCUT2D eigenvalue weighted by Crippen LogP contribution is -2.30. The number of alkyl carbamates (subject to hydrolysis) is 1. The van der Waals surface area contributed by atoms with Gasteiger partial charge in [0, 0.05) is 12.5 Å². The third-order valence-electron chi connectivity index (χ3n) is 6.10. The van der Waals surface area contributed by atoms with E-state index in [-0.39, 0.29) is 36.6 Å². The van der Waals surface area contributed by atoms with E-state index in [0.717, 1.165) is 41.5 Å². The zero-order chi connectivity index (χ0) is 24.9. The average molecular weight is 480 g/mol. The smallest absolute Gasteiger partial charge is 0.407 e. The molecule has 8 heteroatoms. The molecular formula is C27H26FNO6. The minimum Gasteiger partial charge on any atom is -0.465 e. The summed E-state index contributed by atoms with van der Waals surface area (Å²) in [6.07, 6.45) is -3.43. The molecular weight excluding hydrogens is 453 g/mol. The van der Waals surface area contributed by atoms with E-state index in [2.05, 4.69) is 10.1 Å². The van der Waals surface area contributed by atoms with Crippen LogP contribution in [0.1, 0.15) is 45.5 Å². The van der Waals surface area contributed by atoms with E-state index in [1.165, 1.54) is 6.07 Å². The number of hydrogen-bond acceptors (Lipinski definition) is 6. The summed E-state index contributed by atoms with van der Waals surface area (Å²) >= 11 is 0. The summed E-state index contributed by atoms with van der Waals surface area (Å²) in [5, 5.41) is 23.2. The van der Waals surface area contributed by atoms with Crippen molar-refractivity contribution in [2.75, 3.05) is 20.3 Å². The number of methoxy groups -OCH3 is 1. The molecule has 0 heterocycles. The first kappa shape index (κ1) is 24.4. The summed E-state index contributed by atoms with van der Waals surface area (Å²) in [6.45, 7) is 0.179. The van der Waals surface area contributed by atoms with Crippen LogP contribution in [0.4, 0.5) is 9.18 Å². The number of halogens is 1. The van der Waals surface area contributed by atoms with Gasteiger partial charge in [-0.1, -0.05) is 48.5 Å². The van der Waals surface area contributed by atoms with E-state index >= 15 is 0 Å². The number of ether oxygens (including phenoxy) is 2. The number of rotatable bonds is 8. The van der Waals surface area contributed by atoms with Gasteiger partial charge in [-0.2, -0.15) is 0 Å². The Morgan fingerprint density at radius 1 is 1.00 bits per heavy atom. The topological polar surface area (TPSA) is 105 Å². The molecule has 0 aliphatic heterocycles. The van der Waals surface area contributed by atoms with Gasteiger partial charge >= 0.3 is 12.1 Å². The van der Waals surface area contributed by atoms with Crippen LogP contribution in [0.3, 0.4) is 0 Å². The summed E-state index contributed by atoms with van der Waals surface area (Å²) in [5.74, 6) is -1.58. The highest BCUT2D eigenvalue weighted by atomic mass is 19.1. The zero-order valence-electron chi connectivity index (χ0n) is 19.1. The van der Waals surface area contributed by atoms with Crippen LogP contribution in [0.2, 0.25) is 0 Å². The molecule has 3 aromatic rings. The molecule has 1 aliphatic rings. The van der Waals surface area contributed by atoms with Gasteiger partial charge in [-0.3, -0.25) is 0 Å². The SMILES string of the molecule is COC(=O)c1cc(F)cc(C(O)C(O)CCNC(=O)OCC2c3ccccc3-c3ccccc32)c1. The van der Waals surface area contributed by atoms with Gasteiger partial charge in [-0.25, -0.2) is 14.0 Å². The Hall–Kier alpha value is -3.75. The molecule has 0 spiro atoms. The van der Waals surface area contributed by atoms with Gasteiger partial charge in [0.2, 0.25) is 0 Å². The Balaban J connectivity index is 1.29. The predicted molar refractivity (Wildman–Crippen MR) is 126 cm³/mol. The maximum atomic E-state index is 13.8. The Bertz CT molecular complexity index is 1180. The van der Waals surface area contributed by atoms with Gasteiger partial charge < -0.3 is 25.0 Å². The van der Waals surface area contributed by atoms with Gasteiger partial charge in [0.1, 0.15) is 18.5 Å². The number of esters is 1. The van der Waals surface area contributed by atoms with Crippen molar-refractivity contribution in [3.05, 3.63) is 94.8 Å². The van der Waals surface area contributed by atoms with E-state index in [1.54, 1.807) is 0 Å². The van der Waals surface area contributed by atoms with Crippen molar-refractivity contribution in [2.24, 2.45) is 0 Å². The standard InChI is InChI=1S/C27H26FNO6/c1-34-26(32)17-12-16(13-18(28)14-17)25(31)24(30)10-11-29-27(33)35-15-23-21-8-4-2-6-19(21)20-7-3-5-9-22(20)23/h2-9,12-14,23-25,30-31H,10-11,15H2,1H3,(H,29,33). The second-order valence-electron chi connectivity index (χ2n) is 8.32. The molecule has 3 N–H and O–H groups in total. The quantitative estimate of drug-likeness (QED) is 0.423. The second kappa shape index (κ2) is 10.7. The zero-order valence-corrected chi connectivity index (χ0v) is 19.1. The molecule has 0 aromatic heterocycles. The number of aliphatic hydroxyl groups excluding tert-OH is 2. The van der Waals surface area contributed by atoms with Gasteiger partial charge in [0.25, 0.3) is 0 Å². The molecule has 182 valence electrons. The molecule has 0 fully saturated rings. The average Bonchev–Trinajstić information content (AvgIpc) is 3.19. The molecule has 1 aliphatic carbocycles. The third kappa shape index (κ3) is 5.34. The fraction of sp³-hybridized carbons (Fsp3) is 0.259. The lowest BCUT2D eigenvalue weighted by Gasteiger charge is -2.19. The highest BCUT2D eigenvalue weighted by Gasteiger charge is 2.29. The van der Waals surface area contributed by atoms with Crippen molar-refractivity contribution < 1.29 is 33.7 Å². The van der Waals surface area contributed by atoms with Crippen molar-refractivity contribution in [3.8, 4) is 11.1 Å². The third-order valence-corrected chi connectivity index (χ3v) is 6.10. The lowest BCUT2D eigenvalue weighted by molar-refractivity contribution is 0.0134. The van der Waals surface area contributed by atoms with Crippen LogP contribution >= 0.6 is 0 Å². The molecule has 2 unspecified atom stereocenters. The lowest BCUT2D eigenvalue weighted by atomic mass is 9.98. The van der Waals surface area contributed by atoms with E-state index in [4.69, 9.17) is 4.74 Å². The van der Waals surface area contributed by atoms with E-state index in [0.29, 0.717) is 0 Å². The van der Waals surface area contributed by atoms with Gasteiger partial charge in [-0.05, 0) is 52.4 Å². The number of nitrogens with one attached hydrogen (secondary N) is 1. The largest absolute Gasteiger partial charge is 0.465 e. The highest BCUT2D eigenvalue weighted by Crippen LogP contribution is 2.44. The maximum Gasteiger partial charge on any atom is 0.407 e. The van der Waals surface area contributed by atoms with E-state index in [1.807, 2.05) is 48.5 Å². The monoisotopic (exact) mass is 479 g/mol. The molecule has 0 radical (unpaired) electrons. The van der Waals surface area contributed by atoms with Crippen molar-refractivity contribution in [1.29, 1.82) is 0 Å². The summed E-state index contributed by atoms with van der Waals surface area (Å²) < 4.78 is 23.8. The van der Waals surface area contributed by atoms with Crippen LogP contribution in [-0.4, -0.2) is 48.6 Å². The molecule has 4 rings (SSSR count). The molecule has 0 bridgehead atoms. The number of carbonyl (C=O) groups is 2. The first-order chi connectivity index (χ1) is 16.9. The van der Waals surface area contributed by atoms with E-state index in [9.17, 15) is 24.2 Å². The van der Waals surface area contributed by atoms with Crippen LogP contribution in [0.5, 0.6) is 0 Å². The van der Waals surface area contributed by atoms with Crippen molar-refractivity contribution >= 4 is 12.1 Å². The minimum absolute atomic E-state index is 0.0184. The van der Waals surface area contributed by atoms with Crippen LogP contribution in [0, 0.1) is 5.82 Å². The van der Waals surface area contributed by atoms with Gasteiger partial charge in [0.15, 0.2) is 0 Å². The predicted octanol–water partition coefficient (Wildman–Crippen LogP) is 3.94. The Morgan fingerprint density at radius 2 is 1.63 bits per heavy atom.